The number of aryl methyl sites for hydroxylation is 2. The lowest BCUT2D eigenvalue weighted by Crippen LogP contribution is -2.38. The molecular weight excluding hydrogens is 364 g/mol. The van der Waals surface area contributed by atoms with E-state index in [1.807, 2.05) is 32.0 Å². The fourth-order valence-electron chi connectivity index (χ4n) is 2.80. The fourth-order valence-corrected chi connectivity index (χ4v) is 4.21. The van der Waals surface area contributed by atoms with Crippen LogP contribution in [0.1, 0.15) is 25.0 Å². The van der Waals surface area contributed by atoms with Crippen LogP contribution in [0.15, 0.2) is 47.4 Å². The number of hydrogen-bond acceptors (Lipinski definition) is 4. The maximum Gasteiger partial charge on any atom is 0.243 e. The van der Waals surface area contributed by atoms with E-state index >= 15 is 0 Å². The Morgan fingerprint density at radius 3 is 2.33 bits per heavy atom. The second-order valence-corrected chi connectivity index (χ2v) is 8.06. The van der Waals surface area contributed by atoms with Crippen molar-refractivity contribution in [1.82, 2.24) is 4.31 Å². The summed E-state index contributed by atoms with van der Waals surface area (Å²) in [6, 6.07) is 11.9. The third-order valence-electron chi connectivity index (χ3n) is 4.37. The van der Waals surface area contributed by atoms with Gasteiger partial charge in [0.25, 0.3) is 0 Å². The van der Waals surface area contributed by atoms with Gasteiger partial charge in [-0.3, -0.25) is 4.79 Å². The fraction of sp³-hybridized carbons (Fsp3) is 0.350. The van der Waals surface area contributed by atoms with Gasteiger partial charge in [0.15, 0.2) is 0 Å². The zero-order valence-electron chi connectivity index (χ0n) is 16.2. The van der Waals surface area contributed by atoms with Crippen molar-refractivity contribution in [3.8, 4) is 5.75 Å². The molecule has 0 radical (unpaired) electrons. The molecule has 0 saturated carbocycles. The van der Waals surface area contributed by atoms with Gasteiger partial charge >= 0.3 is 0 Å². The van der Waals surface area contributed by atoms with Crippen LogP contribution in [0.4, 0.5) is 5.69 Å². The van der Waals surface area contributed by atoms with Crippen LogP contribution in [0.2, 0.25) is 0 Å². The van der Waals surface area contributed by atoms with Gasteiger partial charge in [-0.15, -0.1) is 0 Å². The smallest absolute Gasteiger partial charge is 0.243 e. The predicted molar refractivity (Wildman–Crippen MR) is 107 cm³/mol. The van der Waals surface area contributed by atoms with E-state index in [2.05, 4.69) is 5.32 Å². The molecule has 0 fully saturated rings. The molecule has 0 aromatic heterocycles. The Labute approximate surface area is 161 Å². The lowest BCUT2D eigenvalue weighted by atomic mass is 10.1. The number of methoxy groups -OCH3 is 1. The van der Waals surface area contributed by atoms with Crippen LogP contribution in [0.25, 0.3) is 0 Å². The zero-order valence-corrected chi connectivity index (χ0v) is 17.0. The molecule has 7 heteroatoms. The van der Waals surface area contributed by atoms with Crippen LogP contribution in [0.5, 0.6) is 5.75 Å². The Balaban J connectivity index is 2.19. The Morgan fingerprint density at radius 1 is 1.11 bits per heavy atom. The number of likely N-dealkylation sites (N-methyl/N-ethyl adjacent to an activating group) is 1. The van der Waals surface area contributed by atoms with Gasteiger partial charge in [-0.2, -0.15) is 4.31 Å². The number of benzene rings is 2. The van der Waals surface area contributed by atoms with Gasteiger partial charge in [0, 0.05) is 12.2 Å². The number of hydrogen-bond donors (Lipinski definition) is 1. The van der Waals surface area contributed by atoms with E-state index in [0.29, 0.717) is 5.75 Å². The maximum atomic E-state index is 12.8. The van der Waals surface area contributed by atoms with Crippen LogP contribution in [0.3, 0.4) is 0 Å². The summed E-state index contributed by atoms with van der Waals surface area (Å²) in [7, 11) is -2.26. The Bertz CT molecular complexity index is 893. The molecule has 27 heavy (non-hydrogen) atoms. The molecule has 1 N–H and O–H groups in total. The number of para-hydroxylation sites is 1. The first-order valence-corrected chi connectivity index (χ1v) is 10.3. The number of rotatable bonds is 8. The van der Waals surface area contributed by atoms with Crippen molar-refractivity contribution in [3.63, 3.8) is 0 Å². The largest absolute Gasteiger partial charge is 0.497 e. The average Bonchev–Trinajstić information content (AvgIpc) is 2.67. The molecule has 0 aliphatic carbocycles. The van der Waals surface area contributed by atoms with Crippen molar-refractivity contribution in [3.05, 3.63) is 53.6 Å². The van der Waals surface area contributed by atoms with Crippen LogP contribution in [-0.2, 0) is 21.2 Å². The molecule has 0 bridgehead atoms. The van der Waals surface area contributed by atoms with Gasteiger partial charge in [0.05, 0.1) is 18.6 Å². The number of nitrogens with zero attached hydrogens (tertiary/aromatic N) is 1. The van der Waals surface area contributed by atoms with Crippen molar-refractivity contribution < 1.29 is 17.9 Å². The molecule has 146 valence electrons. The van der Waals surface area contributed by atoms with Gasteiger partial charge in [-0.05, 0) is 48.7 Å². The second-order valence-electron chi connectivity index (χ2n) is 6.12. The van der Waals surface area contributed by atoms with Crippen LogP contribution < -0.4 is 10.1 Å². The number of ether oxygens (including phenoxy) is 1. The molecule has 2 aromatic rings. The maximum absolute atomic E-state index is 12.8. The first-order chi connectivity index (χ1) is 12.8. The highest BCUT2D eigenvalue weighted by molar-refractivity contribution is 7.89. The Kier molecular flexibility index (Phi) is 6.98. The van der Waals surface area contributed by atoms with E-state index in [9.17, 15) is 13.2 Å². The second kappa shape index (κ2) is 9.01. The molecule has 2 rings (SSSR count). The predicted octanol–water partition coefficient (Wildman–Crippen LogP) is 3.22. The third-order valence-corrected chi connectivity index (χ3v) is 6.31. The first kappa shape index (κ1) is 20.9. The van der Waals surface area contributed by atoms with E-state index in [1.54, 1.807) is 19.1 Å². The Hall–Kier alpha value is -2.38. The van der Waals surface area contributed by atoms with Gasteiger partial charge in [-0.1, -0.05) is 32.0 Å². The van der Waals surface area contributed by atoms with Crippen molar-refractivity contribution in [2.24, 2.45) is 0 Å². The molecule has 0 aliphatic rings. The summed E-state index contributed by atoms with van der Waals surface area (Å²) < 4.78 is 31.9. The average molecular weight is 391 g/mol. The highest BCUT2D eigenvalue weighted by Gasteiger charge is 2.25. The normalized spacial score (nSPS) is 11.4. The number of carbonyl (C=O) groups excluding carboxylic acids is 1. The number of carbonyl (C=O) groups is 1. The number of sulfonamides is 1. The molecule has 0 heterocycles. The summed E-state index contributed by atoms with van der Waals surface area (Å²) >= 11 is 0. The van der Waals surface area contributed by atoms with Gasteiger partial charge < -0.3 is 10.1 Å². The van der Waals surface area contributed by atoms with Gasteiger partial charge in [-0.25, -0.2) is 8.42 Å². The summed E-state index contributed by atoms with van der Waals surface area (Å²) in [5.74, 6) is 0.208. The third kappa shape index (κ3) is 4.87. The Morgan fingerprint density at radius 2 is 1.78 bits per heavy atom. The highest BCUT2D eigenvalue weighted by atomic mass is 32.2. The van der Waals surface area contributed by atoms with Crippen molar-refractivity contribution in [1.29, 1.82) is 0 Å². The van der Waals surface area contributed by atoms with Gasteiger partial charge in [0.1, 0.15) is 5.75 Å². The molecule has 0 saturated heterocycles. The number of amides is 1. The van der Waals surface area contributed by atoms with Crippen LogP contribution in [-0.4, -0.2) is 38.8 Å². The standard InChI is InChI=1S/C20H26N2O4S/c1-5-16-9-7-8-15(3)20(16)21-19(23)14-22(6-2)27(24,25)18-12-10-17(26-4)11-13-18/h7-13H,5-6,14H2,1-4H3,(H,21,23). The summed E-state index contributed by atoms with van der Waals surface area (Å²) in [6.07, 6.45) is 0.777. The molecular formula is C20H26N2O4S. The molecule has 0 spiro atoms. The molecule has 0 aliphatic heterocycles. The summed E-state index contributed by atoms with van der Waals surface area (Å²) in [4.78, 5) is 12.7. The molecule has 0 atom stereocenters. The SMILES string of the molecule is CCc1cccc(C)c1NC(=O)CN(CC)S(=O)(=O)c1ccc(OC)cc1. The molecule has 6 nitrogen and oxygen atoms in total. The van der Waals surface area contributed by atoms with Crippen molar-refractivity contribution >= 4 is 21.6 Å². The van der Waals surface area contributed by atoms with Crippen LogP contribution >= 0.6 is 0 Å². The molecule has 1 amide bonds. The minimum atomic E-state index is -3.77. The van der Waals surface area contributed by atoms with Gasteiger partial charge in [0.2, 0.25) is 15.9 Å². The van der Waals surface area contributed by atoms with E-state index in [-0.39, 0.29) is 23.9 Å². The van der Waals surface area contributed by atoms with E-state index in [4.69, 9.17) is 4.74 Å². The monoisotopic (exact) mass is 390 g/mol. The highest BCUT2D eigenvalue weighted by Crippen LogP contribution is 2.22. The van der Waals surface area contributed by atoms with Crippen LogP contribution in [0, 0.1) is 6.92 Å². The van der Waals surface area contributed by atoms with E-state index < -0.39 is 10.0 Å². The minimum absolute atomic E-state index is 0.128. The summed E-state index contributed by atoms with van der Waals surface area (Å²) in [5, 5.41) is 2.87. The quantitative estimate of drug-likeness (QED) is 0.751. The van der Waals surface area contributed by atoms with E-state index in [1.165, 1.54) is 19.2 Å². The minimum Gasteiger partial charge on any atom is -0.497 e. The molecule has 2 aromatic carbocycles. The zero-order chi connectivity index (χ0) is 20.0. The lowest BCUT2D eigenvalue weighted by molar-refractivity contribution is -0.116. The topological polar surface area (TPSA) is 75.7 Å². The number of anilines is 1. The molecule has 0 unspecified atom stereocenters. The first-order valence-electron chi connectivity index (χ1n) is 8.86. The van der Waals surface area contributed by atoms with Crippen molar-refractivity contribution in [2.45, 2.75) is 32.1 Å². The lowest BCUT2D eigenvalue weighted by Gasteiger charge is -2.21. The number of nitrogens with one attached hydrogen (secondary N) is 1. The summed E-state index contributed by atoms with van der Waals surface area (Å²) in [5.41, 5.74) is 2.72. The summed E-state index contributed by atoms with van der Waals surface area (Å²) in [6.45, 7) is 5.58. The van der Waals surface area contributed by atoms with Crippen molar-refractivity contribution in [2.75, 3.05) is 25.5 Å². The van der Waals surface area contributed by atoms with E-state index in [0.717, 1.165) is 27.5 Å².